The maximum atomic E-state index is 13.3. The van der Waals surface area contributed by atoms with Crippen LogP contribution in [0.2, 0.25) is 0 Å². The molecule has 1 heterocycles. The zero-order chi connectivity index (χ0) is 24.8. The van der Waals surface area contributed by atoms with Crippen LogP contribution in [0.15, 0.2) is 36.4 Å². The summed E-state index contributed by atoms with van der Waals surface area (Å²) < 4.78 is 10.9. The van der Waals surface area contributed by atoms with Crippen LogP contribution in [0.5, 0.6) is 0 Å². The largest absolute Gasteiger partial charge is 0.462 e. The highest BCUT2D eigenvalue weighted by Gasteiger charge is 2.61. The third-order valence-corrected chi connectivity index (χ3v) is 8.74. The third-order valence-electron chi connectivity index (χ3n) is 7.64. The lowest BCUT2D eigenvalue weighted by atomic mass is 9.48. The number of ether oxygens (including phenoxy) is 2. The second-order valence-corrected chi connectivity index (χ2v) is 11.5. The van der Waals surface area contributed by atoms with Gasteiger partial charge in [-0.1, -0.05) is 30.3 Å². The summed E-state index contributed by atoms with van der Waals surface area (Å²) in [4.78, 5) is 39.7. The maximum absolute atomic E-state index is 13.3. The van der Waals surface area contributed by atoms with Crippen LogP contribution in [0.25, 0.3) is 10.4 Å². The lowest BCUT2D eigenvalue weighted by Gasteiger charge is -2.58. The van der Waals surface area contributed by atoms with Gasteiger partial charge in [-0.05, 0) is 75.8 Å². The Balaban J connectivity index is 1.31. The number of benzene rings is 1. The lowest BCUT2D eigenvalue weighted by Crippen LogP contribution is -2.59. The number of nitrogens with one attached hydrogen (secondary N) is 1. The number of carbonyl (C=O) groups excluding carboxylic acids is 3. The van der Waals surface area contributed by atoms with Gasteiger partial charge >= 0.3 is 11.9 Å². The van der Waals surface area contributed by atoms with Crippen LogP contribution in [0.3, 0.4) is 0 Å². The fraction of sp³-hybridized carbons (Fsp3) is 0.519. The number of hydrogen-bond donors (Lipinski definition) is 2. The molecule has 6 rings (SSSR count). The Kier molecular flexibility index (Phi) is 6.21. The van der Waals surface area contributed by atoms with Gasteiger partial charge in [-0.2, -0.15) is 0 Å². The molecular weight excluding hydrogens is 466 g/mol. The van der Waals surface area contributed by atoms with E-state index in [1.165, 1.54) is 18.3 Å². The summed E-state index contributed by atoms with van der Waals surface area (Å²) in [5, 5.41) is 14.1. The van der Waals surface area contributed by atoms with Gasteiger partial charge in [0.2, 0.25) is 0 Å². The molecule has 1 aromatic carbocycles. The number of hydrogen-bond acceptors (Lipinski definition) is 7. The van der Waals surface area contributed by atoms with Crippen molar-refractivity contribution in [2.45, 2.75) is 64.1 Å². The highest BCUT2D eigenvalue weighted by Crippen LogP contribution is 2.62. The first-order chi connectivity index (χ1) is 16.7. The number of anilines is 1. The number of amides is 1. The predicted octanol–water partition coefficient (Wildman–Crippen LogP) is 4.79. The topological polar surface area (TPSA) is 102 Å². The minimum Gasteiger partial charge on any atom is -0.462 e. The highest BCUT2D eigenvalue weighted by molar-refractivity contribution is 7.20. The minimum absolute atomic E-state index is 0.215. The second kappa shape index (κ2) is 9.06. The molecule has 2 aromatic rings. The van der Waals surface area contributed by atoms with Crippen LogP contribution in [0, 0.1) is 17.3 Å². The second-order valence-electron chi connectivity index (χ2n) is 10.4. The molecule has 0 radical (unpaired) electrons. The summed E-state index contributed by atoms with van der Waals surface area (Å²) in [5.41, 5.74) is -0.297. The van der Waals surface area contributed by atoms with Gasteiger partial charge in [0.25, 0.3) is 5.91 Å². The normalized spacial score (nSPS) is 29.5. The van der Waals surface area contributed by atoms with Crippen molar-refractivity contribution in [3.05, 3.63) is 42.0 Å². The van der Waals surface area contributed by atoms with E-state index in [4.69, 9.17) is 9.47 Å². The molecule has 2 N–H and O–H groups in total. The van der Waals surface area contributed by atoms with E-state index in [1.807, 2.05) is 30.3 Å². The van der Waals surface area contributed by atoms with Crippen molar-refractivity contribution in [1.82, 2.24) is 0 Å². The van der Waals surface area contributed by atoms with Crippen molar-refractivity contribution >= 4 is 34.2 Å². The molecule has 4 saturated carbocycles. The first-order valence-electron chi connectivity index (χ1n) is 12.3. The van der Waals surface area contributed by atoms with Crippen molar-refractivity contribution < 1.29 is 29.0 Å². The molecule has 3 atom stereocenters. The molecule has 7 nitrogen and oxygen atoms in total. The smallest absolute Gasteiger partial charge is 0.341 e. The van der Waals surface area contributed by atoms with Crippen molar-refractivity contribution in [2.24, 2.45) is 17.3 Å². The fourth-order valence-electron chi connectivity index (χ4n) is 6.59. The van der Waals surface area contributed by atoms with Gasteiger partial charge in [-0.25, -0.2) is 4.79 Å². The SMILES string of the molecule is CCOC(=O)c1cc(-c2ccccc2)sc1NC(=O)C(C)OC(=O)C12CC3CC(CC(O)(C3)C1)C2. The van der Waals surface area contributed by atoms with Crippen molar-refractivity contribution in [3.8, 4) is 10.4 Å². The first-order valence-corrected chi connectivity index (χ1v) is 13.1. The van der Waals surface area contributed by atoms with Crippen LogP contribution in [0.4, 0.5) is 5.00 Å². The standard InChI is InChI=1S/C27H31NO6S/c1-3-33-24(30)20-10-21(19-7-5-4-6-8-19)35-23(20)28-22(29)16(2)34-25(31)26-11-17-9-18(12-26)14-27(32,13-17)15-26/h4-8,10,16-18,32H,3,9,11-15H2,1-2H3,(H,28,29). The Bertz CT molecular complexity index is 1130. The molecule has 4 aliphatic rings. The summed E-state index contributed by atoms with van der Waals surface area (Å²) in [6.45, 7) is 3.48. The molecule has 35 heavy (non-hydrogen) atoms. The Labute approximate surface area is 208 Å². The van der Waals surface area contributed by atoms with E-state index in [2.05, 4.69) is 5.32 Å². The maximum Gasteiger partial charge on any atom is 0.341 e. The molecule has 8 heteroatoms. The van der Waals surface area contributed by atoms with E-state index in [0.29, 0.717) is 23.3 Å². The average molecular weight is 498 g/mol. The van der Waals surface area contributed by atoms with Crippen molar-refractivity contribution in [1.29, 1.82) is 0 Å². The van der Waals surface area contributed by atoms with E-state index in [0.717, 1.165) is 42.5 Å². The van der Waals surface area contributed by atoms with E-state index in [-0.39, 0.29) is 12.2 Å². The Hall–Kier alpha value is -2.71. The van der Waals surface area contributed by atoms with Gasteiger partial charge in [-0.15, -0.1) is 11.3 Å². The Morgan fingerprint density at radius 2 is 1.83 bits per heavy atom. The van der Waals surface area contributed by atoms with Gasteiger partial charge in [0.1, 0.15) is 5.00 Å². The summed E-state index contributed by atoms with van der Waals surface area (Å²) in [7, 11) is 0. The molecule has 186 valence electrons. The number of thiophene rings is 1. The number of esters is 2. The first kappa shape index (κ1) is 24.0. The number of carbonyl (C=O) groups is 3. The third kappa shape index (κ3) is 4.61. The van der Waals surface area contributed by atoms with Crippen LogP contribution in [0.1, 0.15) is 62.7 Å². The summed E-state index contributed by atoms with van der Waals surface area (Å²) in [5.74, 6) is -0.740. The van der Waals surface area contributed by atoms with E-state index < -0.39 is 35.0 Å². The van der Waals surface area contributed by atoms with Crippen LogP contribution < -0.4 is 5.32 Å². The van der Waals surface area contributed by atoms with Crippen LogP contribution in [-0.4, -0.2) is 41.3 Å². The van der Waals surface area contributed by atoms with Gasteiger partial charge in [0.05, 0.1) is 23.2 Å². The number of rotatable bonds is 7. The molecule has 4 bridgehead atoms. The molecule has 1 aromatic heterocycles. The average Bonchev–Trinajstić information content (AvgIpc) is 3.22. The molecule has 3 unspecified atom stereocenters. The monoisotopic (exact) mass is 497 g/mol. The summed E-state index contributed by atoms with van der Waals surface area (Å²) >= 11 is 1.27. The Morgan fingerprint density at radius 1 is 1.14 bits per heavy atom. The van der Waals surface area contributed by atoms with E-state index >= 15 is 0 Å². The van der Waals surface area contributed by atoms with Crippen molar-refractivity contribution in [3.63, 3.8) is 0 Å². The van der Waals surface area contributed by atoms with Crippen LogP contribution in [-0.2, 0) is 19.1 Å². The zero-order valence-electron chi connectivity index (χ0n) is 20.0. The molecule has 0 aliphatic heterocycles. The molecule has 0 saturated heterocycles. The quantitative estimate of drug-likeness (QED) is 0.533. The molecule has 4 fully saturated rings. The van der Waals surface area contributed by atoms with E-state index in [9.17, 15) is 19.5 Å². The Morgan fingerprint density at radius 3 is 2.46 bits per heavy atom. The van der Waals surface area contributed by atoms with Crippen LogP contribution >= 0.6 is 11.3 Å². The molecule has 4 aliphatic carbocycles. The molecular formula is C27H31NO6S. The minimum atomic E-state index is -1.04. The molecule has 1 amide bonds. The highest BCUT2D eigenvalue weighted by atomic mass is 32.1. The van der Waals surface area contributed by atoms with Gasteiger partial charge in [0, 0.05) is 4.88 Å². The summed E-state index contributed by atoms with van der Waals surface area (Å²) in [6.07, 6.45) is 3.39. The molecule has 0 spiro atoms. The number of aliphatic hydroxyl groups is 1. The van der Waals surface area contributed by atoms with Gasteiger partial charge in [0.15, 0.2) is 6.10 Å². The van der Waals surface area contributed by atoms with Crippen molar-refractivity contribution in [2.75, 3.05) is 11.9 Å². The van der Waals surface area contributed by atoms with Gasteiger partial charge < -0.3 is 19.9 Å². The predicted molar refractivity (Wildman–Crippen MR) is 132 cm³/mol. The summed E-state index contributed by atoms with van der Waals surface area (Å²) in [6, 6.07) is 11.3. The lowest BCUT2D eigenvalue weighted by molar-refractivity contribution is -0.199. The van der Waals surface area contributed by atoms with E-state index in [1.54, 1.807) is 13.0 Å². The fourth-order valence-corrected chi connectivity index (χ4v) is 7.65. The zero-order valence-corrected chi connectivity index (χ0v) is 20.9. The van der Waals surface area contributed by atoms with Gasteiger partial charge in [-0.3, -0.25) is 9.59 Å².